The van der Waals surface area contributed by atoms with E-state index >= 15 is 0 Å². The van der Waals surface area contributed by atoms with E-state index in [0.29, 0.717) is 16.7 Å². The van der Waals surface area contributed by atoms with Gasteiger partial charge in [0, 0.05) is 17.1 Å². The van der Waals surface area contributed by atoms with Crippen molar-refractivity contribution in [1.29, 1.82) is 0 Å². The second kappa shape index (κ2) is 4.05. The van der Waals surface area contributed by atoms with Crippen molar-refractivity contribution in [3.63, 3.8) is 0 Å². The van der Waals surface area contributed by atoms with Crippen LogP contribution in [0.2, 0.25) is 5.15 Å². The van der Waals surface area contributed by atoms with Crippen LogP contribution in [0.5, 0.6) is 0 Å². The average Bonchev–Trinajstić information content (AvgIpc) is 2.85. The van der Waals surface area contributed by atoms with E-state index < -0.39 is 0 Å². The number of furan rings is 1. The van der Waals surface area contributed by atoms with Crippen molar-refractivity contribution < 1.29 is 4.42 Å². The van der Waals surface area contributed by atoms with Crippen LogP contribution in [0.3, 0.4) is 0 Å². The smallest absolute Gasteiger partial charge is 0.198 e. The lowest BCUT2D eigenvalue weighted by Crippen LogP contribution is -1.96. The SMILES string of the molecule is Clc1nc(-c2occc2Br)nc2c1CSC2. The summed E-state index contributed by atoms with van der Waals surface area (Å²) >= 11 is 11.3. The zero-order chi connectivity index (χ0) is 11.1. The van der Waals surface area contributed by atoms with Gasteiger partial charge in [-0.3, -0.25) is 0 Å². The highest BCUT2D eigenvalue weighted by Gasteiger charge is 2.21. The highest BCUT2D eigenvalue weighted by molar-refractivity contribution is 9.10. The maximum atomic E-state index is 6.12. The Morgan fingerprint density at radius 1 is 1.38 bits per heavy atom. The fraction of sp³-hybridized carbons (Fsp3) is 0.200. The van der Waals surface area contributed by atoms with Crippen molar-refractivity contribution in [2.45, 2.75) is 11.5 Å². The molecule has 0 N–H and O–H groups in total. The van der Waals surface area contributed by atoms with Crippen LogP contribution in [0.25, 0.3) is 11.6 Å². The lowest BCUT2D eigenvalue weighted by atomic mass is 10.2. The van der Waals surface area contributed by atoms with Crippen molar-refractivity contribution in [3.05, 3.63) is 33.2 Å². The minimum Gasteiger partial charge on any atom is -0.460 e. The van der Waals surface area contributed by atoms with Crippen molar-refractivity contribution in [2.75, 3.05) is 0 Å². The van der Waals surface area contributed by atoms with Crippen molar-refractivity contribution >= 4 is 39.3 Å². The molecule has 0 saturated heterocycles. The summed E-state index contributed by atoms with van der Waals surface area (Å²) in [7, 11) is 0. The van der Waals surface area contributed by atoms with Gasteiger partial charge in [0.15, 0.2) is 11.6 Å². The average molecular weight is 318 g/mol. The zero-order valence-corrected chi connectivity index (χ0v) is 11.2. The number of rotatable bonds is 1. The number of hydrogen-bond donors (Lipinski definition) is 0. The van der Waals surface area contributed by atoms with Crippen LogP contribution in [-0.4, -0.2) is 9.97 Å². The third-order valence-electron chi connectivity index (χ3n) is 2.35. The molecule has 3 nitrogen and oxygen atoms in total. The molecule has 3 heterocycles. The van der Waals surface area contributed by atoms with E-state index in [1.54, 1.807) is 18.0 Å². The van der Waals surface area contributed by atoms with E-state index in [1.807, 2.05) is 6.07 Å². The van der Waals surface area contributed by atoms with Gasteiger partial charge >= 0.3 is 0 Å². The van der Waals surface area contributed by atoms with Crippen LogP contribution >= 0.6 is 39.3 Å². The van der Waals surface area contributed by atoms with Gasteiger partial charge in [-0.15, -0.1) is 0 Å². The standard InChI is InChI=1S/C10H6BrClN2OS/c11-6-1-2-15-8(6)10-13-7-4-16-3-5(7)9(12)14-10/h1-2H,3-4H2. The van der Waals surface area contributed by atoms with Crippen LogP contribution in [-0.2, 0) is 11.5 Å². The Morgan fingerprint density at radius 3 is 3.00 bits per heavy atom. The molecule has 0 spiro atoms. The largest absolute Gasteiger partial charge is 0.460 e. The number of aromatic nitrogens is 2. The van der Waals surface area contributed by atoms with Gasteiger partial charge in [0.25, 0.3) is 0 Å². The maximum Gasteiger partial charge on any atom is 0.198 e. The first-order chi connectivity index (χ1) is 7.75. The van der Waals surface area contributed by atoms with Gasteiger partial charge in [-0.2, -0.15) is 11.8 Å². The maximum absolute atomic E-state index is 6.12. The molecule has 0 unspecified atom stereocenters. The first-order valence-electron chi connectivity index (χ1n) is 4.62. The number of nitrogens with zero attached hydrogens (tertiary/aromatic N) is 2. The van der Waals surface area contributed by atoms with E-state index in [9.17, 15) is 0 Å². The van der Waals surface area contributed by atoms with Crippen molar-refractivity contribution in [3.8, 4) is 11.6 Å². The zero-order valence-electron chi connectivity index (χ0n) is 8.04. The molecule has 1 aliphatic rings. The molecule has 0 bridgehead atoms. The Morgan fingerprint density at radius 2 is 2.25 bits per heavy atom. The lowest BCUT2D eigenvalue weighted by Gasteiger charge is -2.03. The molecule has 82 valence electrons. The number of hydrogen-bond acceptors (Lipinski definition) is 4. The van der Waals surface area contributed by atoms with E-state index in [-0.39, 0.29) is 0 Å². The molecule has 0 fully saturated rings. The summed E-state index contributed by atoms with van der Waals surface area (Å²) in [6.45, 7) is 0. The summed E-state index contributed by atoms with van der Waals surface area (Å²) in [4.78, 5) is 8.74. The first-order valence-corrected chi connectivity index (χ1v) is 6.94. The van der Waals surface area contributed by atoms with Gasteiger partial charge in [0.05, 0.1) is 16.4 Å². The van der Waals surface area contributed by atoms with Gasteiger partial charge in [0.1, 0.15) is 5.15 Å². The number of halogens is 2. The molecule has 0 amide bonds. The second-order valence-electron chi connectivity index (χ2n) is 3.35. The van der Waals surface area contributed by atoms with Crippen LogP contribution in [0.1, 0.15) is 11.3 Å². The van der Waals surface area contributed by atoms with Crippen LogP contribution < -0.4 is 0 Å². The van der Waals surface area contributed by atoms with Crippen LogP contribution in [0, 0.1) is 0 Å². The molecule has 2 aromatic heterocycles. The minimum atomic E-state index is 0.535. The summed E-state index contributed by atoms with van der Waals surface area (Å²) in [6.07, 6.45) is 1.60. The molecule has 0 aromatic carbocycles. The van der Waals surface area contributed by atoms with Crippen molar-refractivity contribution in [1.82, 2.24) is 9.97 Å². The fourth-order valence-corrected chi connectivity index (χ4v) is 3.32. The summed E-state index contributed by atoms with van der Waals surface area (Å²) in [5, 5.41) is 0.535. The summed E-state index contributed by atoms with van der Waals surface area (Å²) < 4.78 is 6.17. The van der Waals surface area contributed by atoms with Gasteiger partial charge in [-0.1, -0.05) is 11.6 Å². The quantitative estimate of drug-likeness (QED) is 0.748. The van der Waals surface area contributed by atoms with E-state index in [1.165, 1.54) is 0 Å². The molecule has 0 atom stereocenters. The van der Waals surface area contributed by atoms with E-state index in [0.717, 1.165) is 27.2 Å². The van der Waals surface area contributed by atoms with Gasteiger partial charge < -0.3 is 4.42 Å². The molecule has 6 heteroatoms. The van der Waals surface area contributed by atoms with Crippen LogP contribution in [0.4, 0.5) is 0 Å². The monoisotopic (exact) mass is 316 g/mol. The number of thioether (sulfide) groups is 1. The van der Waals surface area contributed by atoms with E-state index in [4.69, 9.17) is 16.0 Å². The molecule has 0 aliphatic carbocycles. The molecule has 2 aromatic rings. The van der Waals surface area contributed by atoms with Gasteiger partial charge in [-0.25, -0.2) is 9.97 Å². The normalized spacial score (nSPS) is 14.1. The van der Waals surface area contributed by atoms with Gasteiger partial charge in [0.2, 0.25) is 0 Å². The summed E-state index contributed by atoms with van der Waals surface area (Å²) in [5.74, 6) is 2.96. The second-order valence-corrected chi connectivity index (χ2v) is 5.55. The minimum absolute atomic E-state index is 0.535. The summed E-state index contributed by atoms with van der Waals surface area (Å²) in [6, 6.07) is 1.81. The summed E-state index contributed by atoms with van der Waals surface area (Å²) in [5.41, 5.74) is 2.07. The molecular formula is C10H6BrClN2OS. The van der Waals surface area contributed by atoms with Crippen molar-refractivity contribution in [2.24, 2.45) is 0 Å². The third kappa shape index (κ3) is 1.67. The predicted octanol–water partition coefficient (Wildman–Crippen LogP) is 3.90. The topological polar surface area (TPSA) is 38.9 Å². The highest BCUT2D eigenvalue weighted by Crippen LogP contribution is 2.35. The number of fused-ring (bicyclic) bond motifs is 1. The molecule has 0 saturated carbocycles. The van der Waals surface area contributed by atoms with Crippen LogP contribution in [0.15, 0.2) is 21.2 Å². The predicted molar refractivity (Wildman–Crippen MR) is 67.4 cm³/mol. The molecule has 0 radical (unpaired) electrons. The molecule has 16 heavy (non-hydrogen) atoms. The molecule has 1 aliphatic heterocycles. The molecule has 3 rings (SSSR count). The lowest BCUT2D eigenvalue weighted by molar-refractivity contribution is 0.575. The highest BCUT2D eigenvalue weighted by atomic mass is 79.9. The Kier molecular flexibility index (Phi) is 2.69. The Hall–Kier alpha value is -0.520. The first kappa shape index (κ1) is 10.6. The van der Waals surface area contributed by atoms with Gasteiger partial charge in [-0.05, 0) is 22.0 Å². The Labute approximate surface area is 110 Å². The van der Waals surface area contributed by atoms with E-state index in [2.05, 4.69) is 25.9 Å². The molecular weight excluding hydrogens is 312 g/mol. The fourth-order valence-electron chi connectivity index (χ4n) is 1.57. The Bertz CT molecular complexity index is 558. The third-order valence-corrected chi connectivity index (χ3v) is 4.26. The Balaban J connectivity index is 2.17.